The second-order valence-electron chi connectivity index (χ2n) is 6.50. The minimum absolute atomic E-state index is 0.176. The van der Waals surface area contributed by atoms with Crippen molar-refractivity contribution in [3.05, 3.63) is 35.4 Å². The average Bonchev–Trinajstić information content (AvgIpc) is 2.45. The van der Waals surface area contributed by atoms with Gasteiger partial charge in [-0.05, 0) is 31.2 Å². The molecule has 0 N–H and O–H groups in total. The minimum atomic E-state index is 0.176. The highest BCUT2D eigenvalue weighted by molar-refractivity contribution is 5.76. The Morgan fingerprint density at radius 1 is 1.43 bits per heavy atom. The summed E-state index contributed by atoms with van der Waals surface area (Å²) in [5.41, 5.74) is 2.47. The molecule has 116 valence electrons. The molecule has 1 atom stereocenters. The number of likely N-dealkylation sites (tertiary alicyclic amines) is 1. The van der Waals surface area contributed by atoms with Gasteiger partial charge in [-0.1, -0.05) is 43.7 Å². The highest BCUT2D eigenvalue weighted by Gasteiger charge is 2.24. The lowest BCUT2D eigenvalue weighted by molar-refractivity contribution is -0.136. The van der Waals surface area contributed by atoms with E-state index >= 15 is 0 Å². The number of amides is 1. The number of hydrogen-bond donors (Lipinski definition) is 0. The molecule has 0 bridgehead atoms. The molecule has 2 rings (SSSR count). The van der Waals surface area contributed by atoms with Gasteiger partial charge in [-0.2, -0.15) is 0 Å². The zero-order valence-corrected chi connectivity index (χ0v) is 13.5. The van der Waals surface area contributed by atoms with Gasteiger partial charge in [0.25, 0.3) is 0 Å². The third-order valence-electron chi connectivity index (χ3n) is 3.88. The fourth-order valence-electron chi connectivity index (χ4n) is 2.80. The Bertz CT molecular complexity index is 470. The zero-order valence-electron chi connectivity index (χ0n) is 13.5. The molecule has 1 aromatic carbocycles. The Morgan fingerprint density at radius 2 is 2.24 bits per heavy atom. The van der Waals surface area contributed by atoms with Crippen molar-refractivity contribution in [3.63, 3.8) is 0 Å². The molecule has 0 unspecified atom stereocenters. The molecular formula is C18H27NO2. The highest BCUT2D eigenvalue weighted by Crippen LogP contribution is 2.17. The number of ether oxygens (including phenoxy) is 1. The van der Waals surface area contributed by atoms with Crippen molar-refractivity contribution < 1.29 is 9.53 Å². The van der Waals surface area contributed by atoms with Gasteiger partial charge in [-0.25, -0.2) is 0 Å². The van der Waals surface area contributed by atoms with Crippen LogP contribution in [0.1, 0.15) is 44.2 Å². The van der Waals surface area contributed by atoms with E-state index in [0.29, 0.717) is 18.9 Å². The lowest BCUT2D eigenvalue weighted by atomic mass is 10.1. The summed E-state index contributed by atoms with van der Waals surface area (Å²) in [4.78, 5) is 14.1. The van der Waals surface area contributed by atoms with Crippen molar-refractivity contribution in [2.45, 2.75) is 52.7 Å². The highest BCUT2D eigenvalue weighted by atomic mass is 16.5. The van der Waals surface area contributed by atoms with Crippen LogP contribution in [0.5, 0.6) is 0 Å². The minimum Gasteiger partial charge on any atom is -0.372 e. The number of nitrogens with zero attached hydrogens (tertiary/aromatic N) is 1. The maximum absolute atomic E-state index is 12.1. The number of carbonyl (C=O) groups is 1. The lowest BCUT2D eigenvalue weighted by Gasteiger charge is -2.33. The number of benzene rings is 1. The van der Waals surface area contributed by atoms with Gasteiger partial charge >= 0.3 is 0 Å². The van der Waals surface area contributed by atoms with Gasteiger partial charge in [-0.3, -0.25) is 4.79 Å². The molecule has 1 saturated heterocycles. The van der Waals surface area contributed by atoms with E-state index in [0.717, 1.165) is 25.9 Å². The monoisotopic (exact) mass is 289 g/mol. The van der Waals surface area contributed by atoms with E-state index in [1.807, 2.05) is 4.90 Å². The predicted molar refractivity (Wildman–Crippen MR) is 85.0 cm³/mol. The van der Waals surface area contributed by atoms with E-state index in [-0.39, 0.29) is 12.0 Å². The van der Waals surface area contributed by atoms with Crippen LogP contribution in [0.15, 0.2) is 24.3 Å². The SMILES string of the molecule is Cc1cccc(CO[C@@H]2CCCN(C(=O)CC(C)C)C2)c1. The van der Waals surface area contributed by atoms with Crippen LogP contribution >= 0.6 is 0 Å². The van der Waals surface area contributed by atoms with Gasteiger partial charge in [0.2, 0.25) is 5.91 Å². The van der Waals surface area contributed by atoms with Gasteiger partial charge in [0.05, 0.1) is 12.7 Å². The third-order valence-corrected chi connectivity index (χ3v) is 3.88. The summed E-state index contributed by atoms with van der Waals surface area (Å²) < 4.78 is 6.02. The first-order chi connectivity index (χ1) is 10.0. The maximum atomic E-state index is 12.1. The molecule has 1 heterocycles. The van der Waals surface area contributed by atoms with Gasteiger partial charge in [0.1, 0.15) is 0 Å². The van der Waals surface area contributed by atoms with Crippen LogP contribution in [0.2, 0.25) is 0 Å². The van der Waals surface area contributed by atoms with Crippen molar-refractivity contribution >= 4 is 5.91 Å². The van der Waals surface area contributed by atoms with Crippen molar-refractivity contribution in [2.75, 3.05) is 13.1 Å². The molecule has 1 aliphatic rings. The predicted octanol–water partition coefficient (Wildman–Crippen LogP) is 3.55. The number of hydrogen-bond acceptors (Lipinski definition) is 2. The Kier molecular flexibility index (Phi) is 5.80. The molecule has 1 fully saturated rings. The molecule has 3 nitrogen and oxygen atoms in total. The van der Waals surface area contributed by atoms with Crippen LogP contribution < -0.4 is 0 Å². The molecule has 3 heteroatoms. The van der Waals surface area contributed by atoms with Crippen LogP contribution in [0.25, 0.3) is 0 Å². The number of piperidine rings is 1. The molecule has 0 radical (unpaired) electrons. The van der Waals surface area contributed by atoms with Gasteiger partial charge < -0.3 is 9.64 Å². The summed E-state index contributed by atoms with van der Waals surface area (Å²) in [6.45, 7) is 8.54. The van der Waals surface area contributed by atoms with Crippen molar-refractivity contribution in [3.8, 4) is 0 Å². The fraction of sp³-hybridized carbons (Fsp3) is 0.611. The molecule has 1 aliphatic heterocycles. The van der Waals surface area contributed by atoms with E-state index in [4.69, 9.17) is 4.74 Å². The van der Waals surface area contributed by atoms with E-state index in [9.17, 15) is 4.79 Å². The molecule has 0 saturated carbocycles. The second-order valence-corrected chi connectivity index (χ2v) is 6.50. The number of rotatable bonds is 5. The maximum Gasteiger partial charge on any atom is 0.222 e. The average molecular weight is 289 g/mol. The second kappa shape index (κ2) is 7.60. The quantitative estimate of drug-likeness (QED) is 0.829. The first-order valence-electron chi connectivity index (χ1n) is 7.99. The largest absolute Gasteiger partial charge is 0.372 e. The summed E-state index contributed by atoms with van der Waals surface area (Å²) >= 11 is 0. The Balaban J connectivity index is 1.82. The molecule has 1 aromatic rings. The summed E-state index contributed by atoms with van der Waals surface area (Å²) in [5, 5.41) is 0. The van der Waals surface area contributed by atoms with Crippen LogP contribution in [-0.4, -0.2) is 30.0 Å². The van der Waals surface area contributed by atoms with Crippen LogP contribution in [0.4, 0.5) is 0 Å². The van der Waals surface area contributed by atoms with Crippen molar-refractivity contribution in [2.24, 2.45) is 5.92 Å². The van der Waals surface area contributed by atoms with Gasteiger partial charge in [0.15, 0.2) is 0 Å². The topological polar surface area (TPSA) is 29.5 Å². The molecule has 1 amide bonds. The first kappa shape index (κ1) is 16.0. The third kappa shape index (κ3) is 5.16. The van der Waals surface area contributed by atoms with E-state index in [1.54, 1.807) is 0 Å². The van der Waals surface area contributed by atoms with E-state index < -0.39 is 0 Å². The van der Waals surface area contributed by atoms with Gasteiger partial charge in [-0.15, -0.1) is 0 Å². The van der Waals surface area contributed by atoms with E-state index in [1.165, 1.54) is 11.1 Å². The van der Waals surface area contributed by atoms with E-state index in [2.05, 4.69) is 45.0 Å². The molecular weight excluding hydrogens is 262 g/mol. The van der Waals surface area contributed by atoms with Crippen LogP contribution in [0, 0.1) is 12.8 Å². The Labute approximate surface area is 128 Å². The zero-order chi connectivity index (χ0) is 15.2. The Hall–Kier alpha value is -1.35. The summed E-state index contributed by atoms with van der Waals surface area (Å²) in [6.07, 6.45) is 2.92. The first-order valence-corrected chi connectivity index (χ1v) is 7.99. The lowest BCUT2D eigenvalue weighted by Crippen LogP contribution is -2.43. The Morgan fingerprint density at radius 3 is 2.95 bits per heavy atom. The normalized spacial score (nSPS) is 19.0. The fourth-order valence-corrected chi connectivity index (χ4v) is 2.80. The summed E-state index contributed by atoms with van der Waals surface area (Å²) in [5.74, 6) is 0.694. The molecule has 21 heavy (non-hydrogen) atoms. The summed E-state index contributed by atoms with van der Waals surface area (Å²) in [6, 6.07) is 8.41. The number of carbonyl (C=O) groups excluding carboxylic acids is 1. The molecule has 0 aromatic heterocycles. The van der Waals surface area contributed by atoms with Crippen LogP contribution in [-0.2, 0) is 16.1 Å². The molecule has 0 spiro atoms. The van der Waals surface area contributed by atoms with Crippen molar-refractivity contribution in [1.82, 2.24) is 4.90 Å². The number of aryl methyl sites for hydroxylation is 1. The van der Waals surface area contributed by atoms with Crippen LogP contribution in [0.3, 0.4) is 0 Å². The smallest absolute Gasteiger partial charge is 0.222 e. The van der Waals surface area contributed by atoms with Crippen molar-refractivity contribution in [1.29, 1.82) is 0 Å². The standard InChI is InChI=1S/C18H27NO2/c1-14(2)10-18(20)19-9-5-8-17(12-19)21-13-16-7-4-6-15(3)11-16/h4,6-7,11,14,17H,5,8-10,12-13H2,1-3H3/t17-/m1/s1. The van der Waals surface area contributed by atoms with Gasteiger partial charge in [0, 0.05) is 19.5 Å². The summed E-state index contributed by atoms with van der Waals surface area (Å²) in [7, 11) is 0. The molecule has 0 aliphatic carbocycles.